The Morgan fingerprint density at radius 2 is 1.20 bits per heavy atom. The van der Waals surface area contributed by atoms with Gasteiger partial charge in [-0.2, -0.15) is 0 Å². The lowest BCUT2D eigenvalue weighted by Gasteiger charge is -2.51. The molecule has 1 atom stereocenters. The fourth-order valence-electron chi connectivity index (χ4n) is 8.31. The molecule has 0 aromatic heterocycles. The molecule has 3 aliphatic carbocycles. The molecule has 0 bridgehead atoms. The van der Waals surface area contributed by atoms with Crippen LogP contribution >= 0.6 is 11.6 Å². The maximum absolute atomic E-state index is 6.86. The molecule has 3 aromatic carbocycles. The van der Waals surface area contributed by atoms with E-state index in [-0.39, 0.29) is 27.2 Å². The summed E-state index contributed by atoms with van der Waals surface area (Å²) < 4.78 is 0. The highest BCUT2D eigenvalue weighted by molar-refractivity contribution is 6.31. The lowest BCUT2D eigenvalue weighted by molar-refractivity contribution is 0.252. The third-order valence-electron chi connectivity index (χ3n) is 11.4. The van der Waals surface area contributed by atoms with Crippen LogP contribution in [0.4, 0.5) is 11.4 Å². The average molecular weight is 606 g/mol. The molecular weight excluding hydrogens is 554 g/mol. The molecule has 2 heteroatoms. The van der Waals surface area contributed by atoms with Crippen LogP contribution in [0.2, 0.25) is 5.02 Å². The van der Waals surface area contributed by atoms with E-state index in [1.807, 2.05) is 0 Å². The SMILES string of the molecule is Cc1cc(Cl)cc(N(c2cc3c(cc2-c2ccccc2)C(C)(C)CCC3(C)C)C2(C)C=C3C(=CC2)C(C)(C)CCC3(C)C)c1. The summed E-state index contributed by atoms with van der Waals surface area (Å²) in [4.78, 5) is 2.64. The zero-order valence-corrected chi connectivity index (χ0v) is 29.5. The van der Waals surface area contributed by atoms with Gasteiger partial charge in [-0.1, -0.05) is 109 Å². The van der Waals surface area contributed by atoms with Gasteiger partial charge in [0.15, 0.2) is 0 Å². The highest BCUT2D eigenvalue weighted by Gasteiger charge is 2.46. The van der Waals surface area contributed by atoms with E-state index in [1.165, 1.54) is 64.8 Å². The number of fused-ring (bicyclic) bond motifs is 2. The minimum atomic E-state index is -0.285. The Kier molecular flexibility index (Phi) is 7.37. The first-order valence-electron chi connectivity index (χ1n) is 16.7. The fraction of sp³-hybridized carbons (Fsp3) is 0.476. The van der Waals surface area contributed by atoms with Gasteiger partial charge in [-0.05, 0) is 131 Å². The van der Waals surface area contributed by atoms with Crippen LogP contribution in [0.3, 0.4) is 0 Å². The third kappa shape index (κ3) is 5.28. The number of anilines is 2. The maximum Gasteiger partial charge on any atom is 0.0646 e. The summed E-state index contributed by atoms with van der Waals surface area (Å²) in [6.07, 6.45) is 11.0. The molecule has 1 fully saturated rings. The Hall–Kier alpha value is -2.77. The number of nitrogens with zero attached hydrogens (tertiary/aromatic N) is 1. The van der Waals surface area contributed by atoms with Crippen molar-refractivity contribution in [1.82, 2.24) is 0 Å². The van der Waals surface area contributed by atoms with Crippen molar-refractivity contribution in [1.29, 1.82) is 0 Å². The standard InChI is InChI=1S/C42H52ClN/c1-28-22-30(43)24-31(23-28)44(42(10)17-16-33-36(27-42)41(8,9)21-18-38(33,2)3)37-26-35-34(39(4,5)19-20-40(35,6)7)25-32(37)29-14-12-11-13-15-29/h11-16,22-27H,17-21H2,1-10H3. The van der Waals surface area contributed by atoms with Crippen LogP contribution in [0.15, 0.2) is 84.0 Å². The predicted octanol–water partition coefficient (Wildman–Crippen LogP) is 12.7. The minimum absolute atomic E-state index is 0.0964. The van der Waals surface area contributed by atoms with Crippen molar-refractivity contribution in [3.8, 4) is 11.1 Å². The molecule has 0 aliphatic heterocycles. The predicted molar refractivity (Wildman–Crippen MR) is 191 cm³/mol. The zero-order valence-electron chi connectivity index (χ0n) is 28.8. The first-order chi connectivity index (χ1) is 20.4. The average Bonchev–Trinajstić information content (AvgIpc) is 2.94. The second-order valence-corrected chi connectivity index (χ2v) is 17.3. The number of hydrogen-bond acceptors (Lipinski definition) is 1. The van der Waals surface area contributed by atoms with Crippen LogP contribution in [-0.2, 0) is 10.8 Å². The van der Waals surface area contributed by atoms with Crippen LogP contribution in [-0.4, -0.2) is 5.54 Å². The molecule has 0 saturated heterocycles. The Balaban J connectivity index is 1.68. The largest absolute Gasteiger partial charge is 0.331 e. The summed E-state index contributed by atoms with van der Waals surface area (Å²) in [7, 11) is 0. The van der Waals surface area contributed by atoms with Crippen LogP contribution in [0.25, 0.3) is 11.1 Å². The quantitative estimate of drug-likeness (QED) is 0.286. The number of hydrogen-bond donors (Lipinski definition) is 0. The van der Waals surface area contributed by atoms with Crippen LogP contribution < -0.4 is 4.90 Å². The first kappa shape index (κ1) is 31.2. The zero-order chi connectivity index (χ0) is 31.9. The molecule has 232 valence electrons. The molecule has 44 heavy (non-hydrogen) atoms. The van der Waals surface area contributed by atoms with E-state index >= 15 is 0 Å². The van der Waals surface area contributed by atoms with Gasteiger partial charge in [0, 0.05) is 16.3 Å². The molecule has 3 aliphatic rings. The van der Waals surface area contributed by atoms with Gasteiger partial charge in [0.05, 0.1) is 11.2 Å². The Morgan fingerprint density at radius 3 is 1.82 bits per heavy atom. The van der Waals surface area contributed by atoms with E-state index in [4.69, 9.17) is 11.6 Å². The van der Waals surface area contributed by atoms with Crippen molar-refractivity contribution in [2.24, 2.45) is 10.8 Å². The summed E-state index contributed by atoms with van der Waals surface area (Å²) in [5.41, 5.74) is 12.5. The summed E-state index contributed by atoms with van der Waals surface area (Å²) in [6, 6.07) is 22.7. The molecule has 1 saturated carbocycles. The fourth-order valence-corrected chi connectivity index (χ4v) is 8.59. The van der Waals surface area contributed by atoms with E-state index in [0.29, 0.717) is 0 Å². The van der Waals surface area contributed by atoms with Crippen molar-refractivity contribution in [3.05, 3.63) is 106 Å². The monoisotopic (exact) mass is 605 g/mol. The molecule has 1 nitrogen and oxygen atoms in total. The lowest BCUT2D eigenvalue weighted by atomic mass is 9.58. The smallest absolute Gasteiger partial charge is 0.0646 e. The molecule has 0 heterocycles. The Bertz CT molecular complexity index is 1650. The molecule has 1 unspecified atom stereocenters. The van der Waals surface area contributed by atoms with Gasteiger partial charge in [0.25, 0.3) is 0 Å². The second kappa shape index (κ2) is 10.4. The Labute approximate surface area is 272 Å². The summed E-state index contributed by atoms with van der Waals surface area (Å²) in [5, 5.41) is 0.785. The van der Waals surface area contributed by atoms with Gasteiger partial charge >= 0.3 is 0 Å². The highest BCUT2D eigenvalue weighted by Crippen LogP contribution is 2.57. The van der Waals surface area contributed by atoms with Gasteiger partial charge in [-0.15, -0.1) is 0 Å². The maximum atomic E-state index is 6.86. The first-order valence-corrected chi connectivity index (χ1v) is 17.1. The van der Waals surface area contributed by atoms with Crippen LogP contribution in [0.5, 0.6) is 0 Å². The summed E-state index contributed by atoms with van der Waals surface area (Å²) in [6.45, 7) is 24.1. The van der Waals surface area contributed by atoms with Crippen molar-refractivity contribution in [2.75, 3.05) is 4.90 Å². The van der Waals surface area contributed by atoms with Gasteiger partial charge in [-0.25, -0.2) is 0 Å². The van der Waals surface area contributed by atoms with Gasteiger partial charge in [0.1, 0.15) is 0 Å². The summed E-state index contributed by atoms with van der Waals surface area (Å²) >= 11 is 6.86. The van der Waals surface area contributed by atoms with Crippen molar-refractivity contribution < 1.29 is 0 Å². The van der Waals surface area contributed by atoms with Crippen molar-refractivity contribution >= 4 is 23.0 Å². The summed E-state index contributed by atoms with van der Waals surface area (Å²) in [5.74, 6) is 0. The van der Waals surface area contributed by atoms with Crippen molar-refractivity contribution in [3.63, 3.8) is 0 Å². The van der Waals surface area contributed by atoms with Gasteiger partial charge in [0.2, 0.25) is 0 Å². The molecule has 0 radical (unpaired) electrons. The Morgan fingerprint density at radius 1 is 0.636 bits per heavy atom. The van der Waals surface area contributed by atoms with Gasteiger partial charge < -0.3 is 4.90 Å². The highest BCUT2D eigenvalue weighted by atomic mass is 35.5. The van der Waals surface area contributed by atoms with E-state index < -0.39 is 0 Å². The number of aryl methyl sites for hydroxylation is 1. The van der Waals surface area contributed by atoms with E-state index in [0.717, 1.165) is 17.1 Å². The normalized spacial score (nSPS) is 24.4. The molecule has 0 amide bonds. The minimum Gasteiger partial charge on any atom is -0.331 e. The lowest BCUT2D eigenvalue weighted by Crippen LogP contribution is -2.46. The van der Waals surface area contributed by atoms with Crippen LogP contribution in [0.1, 0.15) is 111 Å². The number of halogens is 1. The van der Waals surface area contributed by atoms with E-state index in [1.54, 1.807) is 5.57 Å². The van der Waals surface area contributed by atoms with E-state index in [2.05, 4.69) is 147 Å². The number of allylic oxidation sites excluding steroid dienone is 2. The second-order valence-electron chi connectivity index (χ2n) is 16.9. The number of rotatable bonds is 4. The number of benzene rings is 3. The third-order valence-corrected chi connectivity index (χ3v) is 11.6. The molecule has 6 rings (SSSR count). The molecule has 0 spiro atoms. The van der Waals surface area contributed by atoms with E-state index in [9.17, 15) is 0 Å². The molecule has 0 N–H and O–H groups in total. The van der Waals surface area contributed by atoms with Crippen molar-refractivity contribution in [2.45, 2.75) is 118 Å². The molecular formula is C42H52ClN. The van der Waals surface area contributed by atoms with Gasteiger partial charge in [-0.3, -0.25) is 0 Å². The topological polar surface area (TPSA) is 3.24 Å². The van der Waals surface area contributed by atoms with Crippen LogP contribution in [0, 0.1) is 17.8 Å². The molecule has 3 aromatic rings.